The highest BCUT2D eigenvalue weighted by Crippen LogP contribution is 2.18. The first-order valence-electron chi connectivity index (χ1n) is 8.97. The Labute approximate surface area is 153 Å². The summed E-state index contributed by atoms with van der Waals surface area (Å²) >= 11 is 0. The number of piperazine rings is 2. The summed E-state index contributed by atoms with van der Waals surface area (Å²) in [5.41, 5.74) is 1.38. The topological polar surface area (TPSA) is 77.1 Å². The normalized spacial score (nSPS) is 18.1. The van der Waals surface area contributed by atoms with Gasteiger partial charge in [-0.2, -0.15) is 0 Å². The van der Waals surface area contributed by atoms with Gasteiger partial charge >= 0.3 is 0 Å². The molecule has 0 atom stereocenters. The fraction of sp³-hybridized carbons (Fsp3) is 0.556. The molecule has 0 unspecified atom stereocenters. The van der Waals surface area contributed by atoms with Crippen molar-refractivity contribution in [2.45, 2.75) is 13.8 Å². The minimum Gasteiger partial charge on any atom is -0.368 e. The Bertz CT molecular complexity index is 692. The number of hydrogen-bond acceptors (Lipinski definition) is 5. The molecule has 0 bridgehead atoms. The van der Waals surface area contributed by atoms with Gasteiger partial charge in [0.15, 0.2) is 0 Å². The Hall–Kier alpha value is -2.64. The van der Waals surface area contributed by atoms with E-state index in [1.807, 2.05) is 17.0 Å². The van der Waals surface area contributed by atoms with Gasteiger partial charge in [0.2, 0.25) is 11.8 Å². The van der Waals surface area contributed by atoms with Gasteiger partial charge in [-0.25, -0.2) is 0 Å². The van der Waals surface area contributed by atoms with Crippen LogP contribution in [0.2, 0.25) is 0 Å². The maximum absolute atomic E-state index is 12.7. The SMILES string of the molecule is CC(=O)N1CCN(C(=O)c2cc(N3CCN(C(C)=O)CC3)ccn2)CC1. The summed E-state index contributed by atoms with van der Waals surface area (Å²) in [5.74, 6) is 0.0410. The van der Waals surface area contributed by atoms with Crippen molar-refractivity contribution < 1.29 is 14.4 Å². The smallest absolute Gasteiger partial charge is 0.272 e. The Balaban J connectivity index is 1.63. The number of aromatic nitrogens is 1. The maximum atomic E-state index is 12.7. The van der Waals surface area contributed by atoms with Crippen LogP contribution in [0.3, 0.4) is 0 Å². The van der Waals surface area contributed by atoms with Crippen LogP contribution in [0, 0.1) is 0 Å². The quantitative estimate of drug-likeness (QED) is 0.746. The molecule has 140 valence electrons. The van der Waals surface area contributed by atoms with E-state index in [1.165, 1.54) is 0 Å². The lowest BCUT2D eigenvalue weighted by Gasteiger charge is -2.36. The van der Waals surface area contributed by atoms with Gasteiger partial charge < -0.3 is 19.6 Å². The van der Waals surface area contributed by atoms with Crippen LogP contribution in [-0.4, -0.2) is 89.8 Å². The third kappa shape index (κ3) is 3.95. The molecule has 0 aromatic carbocycles. The summed E-state index contributed by atoms with van der Waals surface area (Å²) < 4.78 is 0. The van der Waals surface area contributed by atoms with Gasteiger partial charge in [-0.1, -0.05) is 0 Å². The lowest BCUT2D eigenvalue weighted by atomic mass is 10.2. The molecule has 0 radical (unpaired) electrons. The minimum atomic E-state index is -0.0996. The Kier molecular flexibility index (Phi) is 5.39. The van der Waals surface area contributed by atoms with Crippen LogP contribution in [-0.2, 0) is 9.59 Å². The first-order chi connectivity index (χ1) is 12.5. The average Bonchev–Trinajstić information content (AvgIpc) is 2.67. The van der Waals surface area contributed by atoms with E-state index in [0.29, 0.717) is 45.0 Å². The second-order valence-electron chi connectivity index (χ2n) is 6.69. The molecule has 8 nitrogen and oxygen atoms in total. The second-order valence-corrected chi connectivity index (χ2v) is 6.69. The molecule has 2 fully saturated rings. The molecule has 0 spiro atoms. The number of amides is 3. The molecule has 8 heteroatoms. The van der Waals surface area contributed by atoms with Crippen LogP contribution in [0.4, 0.5) is 5.69 Å². The maximum Gasteiger partial charge on any atom is 0.272 e. The Morgan fingerprint density at radius 1 is 0.808 bits per heavy atom. The van der Waals surface area contributed by atoms with Crippen molar-refractivity contribution in [3.05, 3.63) is 24.0 Å². The first kappa shape index (κ1) is 18.2. The van der Waals surface area contributed by atoms with Crippen LogP contribution >= 0.6 is 0 Å². The monoisotopic (exact) mass is 359 g/mol. The van der Waals surface area contributed by atoms with Gasteiger partial charge in [0, 0.05) is 78.1 Å². The van der Waals surface area contributed by atoms with Crippen LogP contribution in [0.15, 0.2) is 18.3 Å². The molecular formula is C18H25N5O3. The number of hydrogen-bond donors (Lipinski definition) is 0. The molecule has 3 rings (SSSR count). The lowest BCUT2D eigenvalue weighted by molar-refractivity contribution is -0.130. The van der Waals surface area contributed by atoms with Crippen molar-refractivity contribution in [1.29, 1.82) is 0 Å². The molecule has 0 N–H and O–H groups in total. The zero-order valence-corrected chi connectivity index (χ0v) is 15.3. The second kappa shape index (κ2) is 7.72. The van der Waals surface area contributed by atoms with E-state index in [0.717, 1.165) is 18.8 Å². The van der Waals surface area contributed by atoms with Gasteiger partial charge in [-0.05, 0) is 12.1 Å². The van der Waals surface area contributed by atoms with Crippen molar-refractivity contribution in [1.82, 2.24) is 19.7 Å². The van der Waals surface area contributed by atoms with E-state index in [4.69, 9.17) is 0 Å². The largest absolute Gasteiger partial charge is 0.368 e. The average molecular weight is 359 g/mol. The van der Waals surface area contributed by atoms with Crippen LogP contribution in [0.1, 0.15) is 24.3 Å². The molecule has 2 aliphatic heterocycles. The summed E-state index contributed by atoms with van der Waals surface area (Å²) in [6, 6.07) is 3.72. The van der Waals surface area contributed by atoms with Crippen molar-refractivity contribution in [2.75, 3.05) is 57.3 Å². The van der Waals surface area contributed by atoms with Crippen LogP contribution in [0.25, 0.3) is 0 Å². The summed E-state index contributed by atoms with van der Waals surface area (Å²) in [7, 11) is 0. The third-order valence-electron chi connectivity index (χ3n) is 5.06. The molecule has 3 heterocycles. The van der Waals surface area contributed by atoms with E-state index in [9.17, 15) is 14.4 Å². The van der Waals surface area contributed by atoms with E-state index in [1.54, 1.807) is 29.8 Å². The number of pyridine rings is 1. The highest BCUT2D eigenvalue weighted by atomic mass is 16.2. The van der Waals surface area contributed by atoms with E-state index in [-0.39, 0.29) is 17.7 Å². The molecular weight excluding hydrogens is 334 g/mol. The van der Waals surface area contributed by atoms with Gasteiger partial charge in [0.25, 0.3) is 5.91 Å². The fourth-order valence-electron chi connectivity index (χ4n) is 3.40. The van der Waals surface area contributed by atoms with E-state index < -0.39 is 0 Å². The Morgan fingerprint density at radius 3 is 1.85 bits per heavy atom. The fourth-order valence-corrected chi connectivity index (χ4v) is 3.40. The predicted octanol–water partition coefficient (Wildman–Crippen LogP) is 0.0544. The number of anilines is 1. The minimum absolute atomic E-state index is 0.0434. The summed E-state index contributed by atoms with van der Waals surface area (Å²) in [6.45, 7) is 8.19. The van der Waals surface area contributed by atoms with Crippen LogP contribution in [0.5, 0.6) is 0 Å². The summed E-state index contributed by atoms with van der Waals surface area (Å²) in [5, 5.41) is 0. The van der Waals surface area contributed by atoms with Crippen molar-refractivity contribution in [2.24, 2.45) is 0 Å². The zero-order chi connectivity index (χ0) is 18.7. The zero-order valence-electron chi connectivity index (χ0n) is 15.3. The van der Waals surface area contributed by atoms with Gasteiger partial charge in [0.1, 0.15) is 5.69 Å². The van der Waals surface area contributed by atoms with Crippen molar-refractivity contribution in [3.8, 4) is 0 Å². The lowest BCUT2D eigenvalue weighted by Crippen LogP contribution is -2.50. The van der Waals surface area contributed by atoms with Crippen molar-refractivity contribution in [3.63, 3.8) is 0 Å². The van der Waals surface area contributed by atoms with Gasteiger partial charge in [-0.15, -0.1) is 0 Å². The molecule has 2 aliphatic rings. The first-order valence-corrected chi connectivity index (χ1v) is 8.97. The van der Waals surface area contributed by atoms with Gasteiger partial charge in [0.05, 0.1) is 0 Å². The molecule has 2 saturated heterocycles. The summed E-state index contributed by atoms with van der Waals surface area (Å²) in [6.07, 6.45) is 1.66. The molecule has 0 aliphatic carbocycles. The predicted molar refractivity (Wildman–Crippen MR) is 96.9 cm³/mol. The molecule has 26 heavy (non-hydrogen) atoms. The number of carbonyl (C=O) groups excluding carboxylic acids is 3. The van der Waals surface area contributed by atoms with E-state index in [2.05, 4.69) is 9.88 Å². The number of nitrogens with zero attached hydrogens (tertiary/aromatic N) is 5. The highest BCUT2D eigenvalue weighted by molar-refractivity contribution is 5.93. The number of rotatable bonds is 2. The molecule has 0 saturated carbocycles. The molecule has 1 aromatic rings. The Morgan fingerprint density at radius 2 is 1.31 bits per heavy atom. The summed E-state index contributed by atoms with van der Waals surface area (Å²) in [4.78, 5) is 47.3. The standard InChI is InChI=1S/C18H25N5O3/c1-14(24)20-5-9-22(10-6-20)16-3-4-19-17(13-16)18(26)23-11-7-21(8-12-23)15(2)25/h3-4,13H,5-12H2,1-2H3. The van der Waals surface area contributed by atoms with Crippen molar-refractivity contribution >= 4 is 23.4 Å². The number of carbonyl (C=O) groups is 3. The van der Waals surface area contributed by atoms with Crippen LogP contribution < -0.4 is 4.90 Å². The molecule has 3 amide bonds. The highest BCUT2D eigenvalue weighted by Gasteiger charge is 2.25. The third-order valence-corrected chi connectivity index (χ3v) is 5.06. The van der Waals surface area contributed by atoms with E-state index >= 15 is 0 Å². The molecule has 1 aromatic heterocycles. The van der Waals surface area contributed by atoms with Gasteiger partial charge in [-0.3, -0.25) is 19.4 Å².